The number of halogens is 1. The molecule has 1 aromatic rings. The maximum Gasteiger partial charge on any atom is 0.170 e. The molecule has 0 N–H and O–H groups in total. The third-order valence-electron chi connectivity index (χ3n) is 2.44. The van der Waals surface area contributed by atoms with E-state index in [-0.39, 0.29) is 18.6 Å². The number of hydrogen-bond acceptors (Lipinski definition) is 1. The number of allylic oxidation sites excluding steroid dienone is 2. The fraction of sp³-hybridized carbons (Fsp3) is 0.250. The standard InChI is InChI=1S/C12H11FO/c13-11-8-10(6-7-12(11)14)9-4-2-1-3-5-9/h1-6,11H,7-8H2. The molecule has 0 amide bonds. The summed E-state index contributed by atoms with van der Waals surface area (Å²) in [4.78, 5) is 11.0. The number of ketones is 1. The van der Waals surface area contributed by atoms with E-state index >= 15 is 0 Å². The molecule has 0 fully saturated rings. The fourth-order valence-corrected chi connectivity index (χ4v) is 1.63. The second kappa shape index (κ2) is 3.74. The van der Waals surface area contributed by atoms with Crippen molar-refractivity contribution in [3.8, 4) is 0 Å². The lowest BCUT2D eigenvalue weighted by atomic mass is 9.92. The van der Waals surface area contributed by atoms with E-state index in [1.165, 1.54) is 0 Å². The molecule has 1 nitrogen and oxygen atoms in total. The SMILES string of the molecule is O=C1CC=C(c2ccccc2)CC1F. The molecule has 0 spiro atoms. The summed E-state index contributed by atoms with van der Waals surface area (Å²) in [6.45, 7) is 0. The molecule has 0 aliphatic heterocycles. The number of rotatable bonds is 1. The van der Waals surface area contributed by atoms with Gasteiger partial charge in [0.2, 0.25) is 0 Å². The van der Waals surface area contributed by atoms with Crippen LogP contribution in [0.3, 0.4) is 0 Å². The molecule has 14 heavy (non-hydrogen) atoms. The summed E-state index contributed by atoms with van der Waals surface area (Å²) < 4.78 is 13.1. The van der Waals surface area contributed by atoms with Crippen molar-refractivity contribution in [3.05, 3.63) is 42.0 Å². The van der Waals surface area contributed by atoms with Crippen molar-refractivity contribution < 1.29 is 9.18 Å². The molecule has 72 valence electrons. The van der Waals surface area contributed by atoms with Crippen molar-refractivity contribution in [2.45, 2.75) is 19.0 Å². The van der Waals surface area contributed by atoms with Gasteiger partial charge in [-0.1, -0.05) is 36.4 Å². The van der Waals surface area contributed by atoms with Gasteiger partial charge in [-0.15, -0.1) is 0 Å². The first-order valence-corrected chi connectivity index (χ1v) is 4.68. The number of benzene rings is 1. The zero-order chi connectivity index (χ0) is 9.97. The highest BCUT2D eigenvalue weighted by Gasteiger charge is 2.22. The van der Waals surface area contributed by atoms with Gasteiger partial charge in [-0.3, -0.25) is 4.79 Å². The van der Waals surface area contributed by atoms with E-state index in [0.717, 1.165) is 11.1 Å². The molecular weight excluding hydrogens is 179 g/mol. The topological polar surface area (TPSA) is 17.1 Å². The van der Waals surface area contributed by atoms with Crippen LogP contribution < -0.4 is 0 Å². The Morgan fingerprint density at radius 1 is 1.21 bits per heavy atom. The smallest absolute Gasteiger partial charge is 0.170 e. The monoisotopic (exact) mass is 190 g/mol. The number of carbonyl (C=O) groups is 1. The van der Waals surface area contributed by atoms with Crippen LogP contribution in [0.15, 0.2) is 36.4 Å². The van der Waals surface area contributed by atoms with E-state index in [9.17, 15) is 9.18 Å². The lowest BCUT2D eigenvalue weighted by Gasteiger charge is -2.15. The largest absolute Gasteiger partial charge is 0.296 e. The molecule has 2 rings (SSSR count). The Bertz CT molecular complexity index is 367. The van der Waals surface area contributed by atoms with E-state index in [1.54, 1.807) is 0 Å². The Labute approximate surface area is 82.3 Å². The van der Waals surface area contributed by atoms with Crippen molar-refractivity contribution in [3.63, 3.8) is 0 Å². The van der Waals surface area contributed by atoms with Crippen LogP contribution in [0.2, 0.25) is 0 Å². The predicted octanol–water partition coefficient (Wildman–Crippen LogP) is 2.77. The molecule has 1 unspecified atom stereocenters. The molecule has 0 aromatic heterocycles. The molecule has 0 heterocycles. The zero-order valence-corrected chi connectivity index (χ0v) is 7.74. The average molecular weight is 190 g/mol. The average Bonchev–Trinajstić information content (AvgIpc) is 2.23. The third-order valence-corrected chi connectivity index (χ3v) is 2.44. The summed E-state index contributed by atoms with van der Waals surface area (Å²) in [5, 5.41) is 0. The van der Waals surface area contributed by atoms with Crippen LogP contribution in [0.1, 0.15) is 18.4 Å². The fourth-order valence-electron chi connectivity index (χ4n) is 1.63. The minimum Gasteiger partial charge on any atom is -0.296 e. The summed E-state index contributed by atoms with van der Waals surface area (Å²) in [6, 6.07) is 9.63. The number of carbonyl (C=O) groups excluding carboxylic acids is 1. The molecule has 0 bridgehead atoms. The highest BCUT2D eigenvalue weighted by molar-refractivity contribution is 5.90. The van der Waals surface area contributed by atoms with Crippen molar-refractivity contribution in [2.75, 3.05) is 0 Å². The van der Waals surface area contributed by atoms with Crippen LogP contribution >= 0.6 is 0 Å². The molecule has 1 aliphatic rings. The Morgan fingerprint density at radius 2 is 1.93 bits per heavy atom. The van der Waals surface area contributed by atoms with Crippen LogP contribution in [-0.4, -0.2) is 12.0 Å². The molecule has 1 aliphatic carbocycles. The molecule has 0 saturated carbocycles. The molecule has 0 radical (unpaired) electrons. The van der Waals surface area contributed by atoms with Crippen molar-refractivity contribution in [1.29, 1.82) is 0 Å². The Balaban J connectivity index is 2.25. The first-order chi connectivity index (χ1) is 6.77. The summed E-state index contributed by atoms with van der Waals surface area (Å²) in [5.41, 5.74) is 1.96. The quantitative estimate of drug-likeness (QED) is 0.665. The van der Waals surface area contributed by atoms with Crippen molar-refractivity contribution >= 4 is 11.4 Å². The Morgan fingerprint density at radius 3 is 2.57 bits per heavy atom. The van der Waals surface area contributed by atoms with Crippen molar-refractivity contribution in [2.24, 2.45) is 0 Å². The highest BCUT2D eigenvalue weighted by atomic mass is 19.1. The van der Waals surface area contributed by atoms with Gasteiger partial charge in [-0.05, 0) is 11.1 Å². The third kappa shape index (κ3) is 1.74. The first kappa shape index (κ1) is 9.13. The van der Waals surface area contributed by atoms with Crippen LogP contribution in [0.5, 0.6) is 0 Å². The summed E-state index contributed by atoms with van der Waals surface area (Å²) in [6.07, 6.45) is 0.970. The minimum atomic E-state index is -1.31. The molecule has 2 heteroatoms. The van der Waals surface area contributed by atoms with Crippen LogP contribution in [0.4, 0.5) is 4.39 Å². The van der Waals surface area contributed by atoms with E-state index in [0.29, 0.717) is 0 Å². The van der Waals surface area contributed by atoms with E-state index in [4.69, 9.17) is 0 Å². The van der Waals surface area contributed by atoms with E-state index < -0.39 is 6.17 Å². The van der Waals surface area contributed by atoms with Gasteiger partial charge < -0.3 is 0 Å². The molecule has 1 atom stereocenters. The predicted molar refractivity (Wildman–Crippen MR) is 53.6 cm³/mol. The minimum absolute atomic E-state index is 0.225. The van der Waals surface area contributed by atoms with Crippen LogP contribution in [-0.2, 0) is 4.79 Å². The van der Waals surface area contributed by atoms with E-state index in [1.807, 2.05) is 36.4 Å². The number of alkyl halides is 1. The van der Waals surface area contributed by atoms with Crippen LogP contribution in [0, 0.1) is 0 Å². The lowest BCUT2D eigenvalue weighted by Crippen LogP contribution is -2.18. The normalized spacial score (nSPS) is 21.9. The summed E-state index contributed by atoms with van der Waals surface area (Å²) in [7, 11) is 0. The summed E-state index contributed by atoms with van der Waals surface area (Å²) >= 11 is 0. The van der Waals surface area contributed by atoms with Gasteiger partial charge in [0.25, 0.3) is 0 Å². The van der Waals surface area contributed by atoms with Gasteiger partial charge in [-0.25, -0.2) is 4.39 Å². The van der Waals surface area contributed by atoms with Gasteiger partial charge in [0, 0.05) is 12.8 Å². The first-order valence-electron chi connectivity index (χ1n) is 4.68. The Kier molecular flexibility index (Phi) is 2.44. The van der Waals surface area contributed by atoms with Crippen molar-refractivity contribution in [1.82, 2.24) is 0 Å². The zero-order valence-electron chi connectivity index (χ0n) is 7.74. The van der Waals surface area contributed by atoms with Gasteiger partial charge >= 0.3 is 0 Å². The van der Waals surface area contributed by atoms with E-state index in [2.05, 4.69) is 0 Å². The molecule has 1 aromatic carbocycles. The molecule has 0 saturated heterocycles. The van der Waals surface area contributed by atoms with Gasteiger partial charge in [0.1, 0.15) is 0 Å². The Hall–Kier alpha value is -1.44. The number of Topliss-reactive ketones (excluding diaryl/α,β-unsaturated/α-hetero) is 1. The second-order valence-electron chi connectivity index (χ2n) is 3.44. The highest BCUT2D eigenvalue weighted by Crippen LogP contribution is 2.26. The molecular formula is C12H11FO. The van der Waals surface area contributed by atoms with Crippen LogP contribution in [0.25, 0.3) is 5.57 Å². The summed E-state index contributed by atoms with van der Waals surface area (Å²) in [5.74, 6) is -0.301. The number of hydrogen-bond donors (Lipinski definition) is 0. The second-order valence-corrected chi connectivity index (χ2v) is 3.44. The van der Waals surface area contributed by atoms with Gasteiger partial charge in [0.15, 0.2) is 12.0 Å². The van der Waals surface area contributed by atoms with Gasteiger partial charge in [0.05, 0.1) is 0 Å². The maximum absolute atomic E-state index is 13.1. The van der Waals surface area contributed by atoms with Gasteiger partial charge in [-0.2, -0.15) is 0 Å². The maximum atomic E-state index is 13.1. The lowest BCUT2D eigenvalue weighted by molar-refractivity contribution is -0.123.